The van der Waals surface area contributed by atoms with Crippen LogP contribution in [-0.2, 0) is 0 Å². The van der Waals surface area contributed by atoms with Crippen molar-refractivity contribution in [2.75, 3.05) is 6.61 Å². The molecule has 0 spiro atoms. The van der Waals surface area contributed by atoms with E-state index in [4.69, 9.17) is 11.2 Å². The maximum atomic E-state index is 13.2. The number of terminal acetylenes is 1. The fraction of sp³-hybridized carbons (Fsp3) is 0.333. The highest BCUT2D eigenvalue weighted by Crippen LogP contribution is 2.29. The molecule has 72 valence electrons. The summed E-state index contributed by atoms with van der Waals surface area (Å²) >= 11 is 0. The monoisotopic (exact) mass is 190 g/mol. The standard InChI is InChI=1S/C12H11FO/c1-2-10-5-6-11(7-12(10)13)14-8-9-3-4-9/h1,5-7,9H,3-4,8H2. The van der Waals surface area contributed by atoms with E-state index in [2.05, 4.69) is 5.92 Å². The Labute approximate surface area is 82.9 Å². The molecule has 1 aromatic rings. The van der Waals surface area contributed by atoms with E-state index in [1.807, 2.05) is 0 Å². The van der Waals surface area contributed by atoms with Crippen molar-refractivity contribution in [2.24, 2.45) is 5.92 Å². The van der Waals surface area contributed by atoms with Crippen molar-refractivity contribution in [3.05, 3.63) is 29.6 Å². The molecule has 0 heterocycles. The van der Waals surface area contributed by atoms with Crippen LogP contribution in [0.4, 0.5) is 4.39 Å². The maximum Gasteiger partial charge on any atom is 0.142 e. The van der Waals surface area contributed by atoms with Gasteiger partial charge < -0.3 is 4.74 Å². The zero-order valence-electron chi connectivity index (χ0n) is 7.79. The molecule has 0 aliphatic heterocycles. The highest BCUT2D eigenvalue weighted by molar-refractivity contribution is 5.38. The van der Waals surface area contributed by atoms with Crippen molar-refractivity contribution in [3.63, 3.8) is 0 Å². The topological polar surface area (TPSA) is 9.23 Å². The summed E-state index contributed by atoms with van der Waals surface area (Å²) in [5, 5.41) is 0. The van der Waals surface area contributed by atoms with Gasteiger partial charge >= 0.3 is 0 Å². The smallest absolute Gasteiger partial charge is 0.142 e. The van der Waals surface area contributed by atoms with Crippen LogP contribution in [0.5, 0.6) is 5.75 Å². The Morgan fingerprint density at radius 2 is 2.29 bits per heavy atom. The van der Waals surface area contributed by atoms with Crippen LogP contribution in [0.15, 0.2) is 18.2 Å². The van der Waals surface area contributed by atoms with Gasteiger partial charge in [0.05, 0.1) is 12.2 Å². The predicted molar refractivity (Wildman–Crippen MR) is 52.6 cm³/mol. The van der Waals surface area contributed by atoms with Crippen LogP contribution >= 0.6 is 0 Å². The highest BCUT2D eigenvalue weighted by Gasteiger charge is 2.21. The minimum atomic E-state index is -0.388. The summed E-state index contributed by atoms with van der Waals surface area (Å²) in [5.74, 6) is 3.12. The Morgan fingerprint density at radius 3 is 2.86 bits per heavy atom. The van der Waals surface area contributed by atoms with E-state index >= 15 is 0 Å². The second-order valence-corrected chi connectivity index (χ2v) is 3.54. The molecule has 0 radical (unpaired) electrons. The molecule has 0 saturated heterocycles. The van der Waals surface area contributed by atoms with Gasteiger partial charge in [-0.1, -0.05) is 5.92 Å². The molecule has 1 aliphatic rings. The van der Waals surface area contributed by atoms with E-state index in [0.29, 0.717) is 18.3 Å². The summed E-state index contributed by atoms with van der Waals surface area (Å²) in [6.45, 7) is 0.689. The molecule has 0 amide bonds. The predicted octanol–water partition coefficient (Wildman–Crippen LogP) is 2.60. The van der Waals surface area contributed by atoms with Gasteiger partial charge in [0.1, 0.15) is 11.6 Å². The van der Waals surface area contributed by atoms with E-state index in [9.17, 15) is 4.39 Å². The largest absolute Gasteiger partial charge is 0.493 e. The molecule has 0 atom stereocenters. The van der Waals surface area contributed by atoms with Gasteiger partial charge in [-0.15, -0.1) is 6.42 Å². The van der Waals surface area contributed by atoms with Crippen molar-refractivity contribution in [1.29, 1.82) is 0 Å². The molecule has 0 aromatic heterocycles. The third kappa shape index (κ3) is 2.05. The lowest BCUT2D eigenvalue weighted by molar-refractivity contribution is 0.298. The van der Waals surface area contributed by atoms with Crippen molar-refractivity contribution >= 4 is 0 Å². The molecule has 1 fully saturated rings. The summed E-state index contributed by atoms with van der Waals surface area (Å²) in [6, 6.07) is 4.62. The first-order valence-electron chi connectivity index (χ1n) is 4.68. The van der Waals surface area contributed by atoms with Gasteiger partial charge in [-0.3, -0.25) is 0 Å². The minimum Gasteiger partial charge on any atom is -0.493 e. The SMILES string of the molecule is C#Cc1ccc(OCC2CC2)cc1F. The van der Waals surface area contributed by atoms with Gasteiger partial charge in [-0.05, 0) is 30.9 Å². The van der Waals surface area contributed by atoms with Gasteiger partial charge in [-0.2, -0.15) is 0 Å². The Kier molecular flexibility index (Phi) is 2.41. The molecule has 2 heteroatoms. The zero-order chi connectivity index (χ0) is 9.97. The second-order valence-electron chi connectivity index (χ2n) is 3.54. The molecule has 1 aromatic carbocycles. The lowest BCUT2D eigenvalue weighted by Crippen LogP contribution is -1.99. The Hall–Kier alpha value is -1.49. The summed E-state index contributed by atoms with van der Waals surface area (Å²) in [6.07, 6.45) is 7.56. The molecule has 0 bridgehead atoms. The van der Waals surface area contributed by atoms with Gasteiger partial charge in [0, 0.05) is 6.07 Å². The van der Waals surface area contributed by atoms with E-state index in [1.54, 1.807) is 12.1 Å². The summed E-state index contributed by atoms with van der Waals surface area (Å²) in [5.41, 5.74) is 0.281. The normalized spacial score (nSPS) is 14.9. The summed E-state index contributed by atoms with van der Waals surface area (Å²) in [7, 11) is 0. The first kappa shape index (κ1) is 9.08. The number of rotatable bonds is 3. The minimum absolute atomic E-state index is 0.281. The quantitative estimate of drug-likeness (QED) is 0.666. The van der Waals surface area contributed by atoms with Crippen LogP contribution in [-0.4, -0.2) is 6.61 Å². The lowest BCUT2D eigenvalue weighted by Gasteiger charge is -2.05. The average molecular weight is 190 g/mol. The van der Waals surface area contributed by atoms with Gasteiger partial charge in [0.15, 0.2) is 0 Å². The van der Waals surface area contributed by atoms with E-state index < -0.39 is 0 Å². The molecule has 0 N–H and O–H groups in total. The summed E-state index contributed by atoms with van der Waals surface area (Å²) in [4.78, 5) is 0. The Balaban J connectivity index is 2.03. The second kappa shape index (κ2) is 3.71. The first-order valence-corrected chi connectivity index (χ1v) is 4.68. The lowest BCUT2D eigenvalue weighted by atomic mass is 10.2. The fourth-order valence-corrected chi connectivity index (χ4v) is 1.20. The number of benzene rings is 1. The van der Waals surface area contributed by atoms with Crippen LogP contribution in [0.2, 0.25) is 0 Å². The number of halogens is 1. The van der Waals surface area contributed by atoms with Crippen LogP contribution in [0, 0.1) is 24.1 Å². The Bertz CT molecular complexity index is 374. The van der Waals surface area contributed by atoms with Crippen molar-refractivity contribution < 1.29 is 9.13 Å². The van der Waals surface area contributed by atoms with E-state index in [1.165, 1.54) is 18.9 Å². The van der Waals surface area contributed by atoms with Crippen molar-refractivity contribution in [3.8, 4) is 18.1 Å². The molecule has 2 rings (SSSR count). The number of ether oxygens (including phenoxy) is 1. The third-order valence-corrected chi connectivity index (χ3v) is 2.28. The van der Waals surface area contributed by atoms with Gasteiger partial charge in [0.25, 0.3) is 0 Å². The summed E-state index contributed by atoms with van der Waals surface area (Å²) < 4.78 is 18.6. The van der Waals surface area contributed by atoms with Gasteiger partial charge in [0.2, 0.25) is 0 Å². The van der Waals surface area contributed by atoms with Crippen molar-refractivity contribution in [2.45, 2.75) is 12.8 Å². The van der Waals surface area contributed by atoms with E-state index in [-0.39, 0.29) is 11.4 Å². The molecule has 0 unspecified atom stereocenters. The fourth-order valence-electron chi connectivity index (χ4n) is 1.20. The molecule has 14 heavy (non-hydrogen) atoms. The zero-order valence-corrected chi connectivity index (χ0v) is 7.79. The highest BCUT2D eigenvalue weighted by atomic mass is 19.1. The number of hydrogen-bond donors (Lipinski definition) is 0. The van der Waals surface area contributed by atoms with E-state index in [0.717, 1.165) is 0 Å². The molecular weight excluding hydrogens is 179 g/mol. The molecule has 1 aliphatic carbocycles. The maximum absolute atomic E-state index is 13.2. The van der Waals surface area contributed by atoms with Crippen LogP contribution in [0.25, 0.3) is 0 Å². The van der Waals surface area contributed by atoms with Crippen LogP contribution < -0.4 is 4.74 Å². The first-order chi connectivity index (χ1) is 6.79. The van der Waals surface area contributed by atoms with Crippen molar-refractivity contribution in [1.82, 2.24) is 0 Å². The third-order valence-electron chi connectivity index (χ3n) is 2.28. The van der Waals surface area contributed by atoms with Gasteiger partial charge in [-0.25, -0.2) is 4.39 Å². The molecule has 1 saturated carbocycles. The van der Waals surface area contributed by atoms with Crippen LogP contribution in [0.3, 0.4) is 0 Å². The number of hydrogen-bond acceptors (Lipinski definition) is 1. The average Bonchev–Trinajstić information content (AvgIpc) is 2.98. The van der Waals surface area contributed by atoms with Crippen LogP contribution in [0.1, 0.15) is 18.4 Å². The molecular formula is C12H11FO. The molecule has 1 nitrogen and oxygen atoms in total. The Morgan fingerprint density at radius 1 is 1.50 bits per heavy atom.